The zero-order chi connectivity index (χ0) is 26.7. The Labute approximate surface area is 225 Å². The highest BCUT2D eigenvalue weighted by atomic mass is 32.1. The molecule has 1 saturated carbocycles. The van der Waals surface area contributed by atoms with Gasteiger partial charge in [0.1, 0.15) is 4.88 Å². The van der Waals surface area contributed by atoms with E-state index in [1.807, 2.05) is 31.7 Å². The third-order valence-corrected chi connectivity index (χ3v) is 8.64. The van der Waals surface area contributed by atoms with Crippen molar-refractivity contribution in [3.05, 3.63) is 27.5 Å². The lowest BCUT2D eigenvalue weighted by atomic mass is 9.79. The fourth-order valence-electron chi connectivity index (χ4n) is 5.67. The summed E-state index contributed by atoms with van der Waals surface area (Å²) in [6, 6.07) is 1.78. The molecule has 0 radical (unpaired) electrons. The highest BCUT2D eigenvalue weighted by Gasteiger charge is 2.39. The molecule has 1 saturated heterocycles. The lowest BCUT2D eigenvalue weighted by molar-refractivity contribution is -0.124. The van der Waals surface area contributed by atoms with Crippen LogP contribution >= 0.6 is 11.3 Å². The Balaban J connectivity index is 1.63. The summed E-state index contributed by atoms with van der Waals surface area (Å²) in [6.45, 7) is 11.8. The maximum atomic E-state index is 14.2. The minimum Gasteiger partial charge on any atom is -0.477 e. The average Bonchev–Trinajstić information content (AvgIpc) is 3.49. The first-order chi connectivity index (χ1) is 17.5. The number of aromatic carboxylic acids is 1. The van der Waals surface area contributed by atoms with E-state index >= 15 is 0 Å². The molecule has 3 aliphatic rings. The van der Waals surface area contributed by atoms with Crippen LogP contribution in [0, 0.1) is 29.1 Å². The van der Waals surface area contributed by atoms with Gasteiger partial charge in [0, 0.05) is 24.0 Å². The summed E-state index contributed by atoms with van der Waals surface area (Å²) in [5.41, 5.74) is 1.62. The van der Waals surface area contributed by atoms with Crippen molar-refractivity contribution in [1.29, 1.82) is 0 Å². The largest absolute Gasteiger partial charge is 0.477 e. The van der Waals surface area contributed by atoms with E-state index in [0.29, 0.717) is 23.6 Å². The molecule has 1 amide bonds. The molecule has 0 bridgehead atoms. The Morgan fingerprint density at radius 2 is 1.89 bits per heavy atom. The van der Waals surface area contributed by atoms with Crippen LogP contribution in [0.2, 0.25) is 0 Å². The topological polar surface area (TPSA) is 76.1 Å². The molecule has 0 aromatic carbocycles. The second-order valence-corrected chi connectivity index (χ2v) is 13.0. The molecule has 1 aromatic heterocycles. The van der Waals surface area contributed by atoms with Gasteiger partial charge in [0.05, 0.1) is 29.4 Å². The number of nitrogens with zero attached hydrogens (tertiary/aromatic N) is 1. The fourth-order valence-corrected chi connectivity index (χ4v) is 6.51. The first-order valence-electron chi connectivity index (χ1n) is 13.6. The molecule has 1 aromatic rings. The molecule has 2 aliphatic carbocycles. The molecule has 37 heavy (non-hydrogen) atoms. The van der Waals surface area contributed by atoms with E-state index in [4.69, 9.17) is 9.47 Å². The molecule has 1 unspecified atom stereocenters. The van der Waals surface area contributed by atoms with Crippen molar-refractivity contribution in [2.45, 2.75) is 97.8 Å². The number of amides is 1. The fraction of sp³-hybridized carbons (Fsp3) is 0.667. The van der Waals surface area contributed by atoms with Gasteiger partial charge in [-0.05, 0) is 84.6 Å². The standard InChI is InChI=1S/C30H41NO5S/c1-19-6-11-25(20(2)16-19)28(32)31(21-7-9-22(10-8-21)36-23-13-15-35-18-23)26-17-24(12-14-30(3,4)5)37-27(26)29(33)34/h6,17,20-23,25H,7-11,13,15-16,18H2,1-5H3,(H,33,34)/t20-,21-,22-,23-,25?/m1/s1. The highest BCUT2D eigenvalue weighted by Crippen LogP contribution is 2.39. The smallest absolute Gasteiger partial charge is 0.348 e. The molecule has 2 fully saturated rings. The zero-order valence-corrected chi connectivity index (χ0v) is 23.7. The van der Waals surface area contributed by atoms with Crippen molar-refractivity contribution in [2.24, 2.45) is 17.3 Å². The Morgan fingerprint density at radius 1 is 1.16 bits per heavy atom. The number of thiophene rings is 1. The van der Waals surface area contributed by atoms with E-state index in [-0.39, 0.29) is 46.3 Å². The maximum absolute atomic E-state index is 14.2. The van der Waals surface area contributed by atoms with Crippen molar-refractivity contribution < 1.29 is 24.2 Å². The van der Waals surface area contributed by atoms with E-state index in [0.717, 1.165) is 45.1 Å². The Morgan fingerprint density at radius 3 is 2.49 bits per heavy atom. The minimum atomic E-state index is -1.01. The number of rotatable bonds is 6. The molecule has 1 aliphatic heterocycles. The van der Waals surface area contributed by atoms with Crippen LogP contribution in [0.25, 0.3) is 0 Å². The second kappa shape index (κ2) is 11.7. The van der Waals surface area contributed by atoms with Crippen LogP contribution in [0.1, 0.15) is 94.1 Å². The highest BCUT2D eigenvalue weighted by molar-refractivity contribution is 7.15. The monoisotopic (exact) mass is 527 g/mol. The molecule has 202 valence electrons. The number of anilines is 1. The quantitative estimate of drug-likeness (QED) is 0.348. The molecular formula is C30H41NO5S. The maximum Gasteiger partial charge on any atom is 0.348 e. The van der Waals surface area contributed by atoms with E-state index in [1.165, 1.54) is 16.9 Å². The summed E-state index contributed by atoms with van der Waals surface area (Å²) in [6.07, 6.45) is 8.31. The molecule has 7 heteroatoms. The van der Waals surface area contributed by atoms with Gasteiger partial charge in [-0.25, -0.2) is 4.79 Å². The van der Waals surface area contributed by atoms with E-state index in [1.54, 1.807) is 0 Å². The third-order valence-electron chi connectivity index (χ3n) is 7.61. The SMILES string of the molecule is CC1=CCC(C(=O)N(c2cc(C#CC(C)(C)C)sc2C(=O)O)[C@H]2CC[C@H](O[C@@H]3CCOC3)CC2)[C@H](C)C1. The van der Waals surface area contributed by atoms with E-state index < -0.39 is 5.97 Å². The summed E-state index contributed by atoms with van der Waals surface area (Å²) < 4.78 is 11.7. The van der Waals surface area contributed by atoms with Gasteiger partial charge in [-0.2, -0.15) is 0 Å². The molecular weight excluding hydrogens is 486 g/mol. The summed E-state index contributed by atoms with van der Waals surface area (Å²) >= 11 is 1.17. The number of hydrogen-bond acceptors (Lipinski definition) is 5. The predicted octanol–water partition coefficient (Wildman–Crippen LogP) is 6.29. The molecule has 2 heterocycles. The van der Waals surface area contributed by atoms with Gasteiger partial charge in [-0.3, -0.25) is 4.79 Å². The molecule has 0 spiro atoms. The van der Waals surface area contributed by atoms with E-state index in [2.05, 4.69) is 31.8 Å². The van der Waals surface area contributed by atoms with Crippen LogP contribution < -0.4 is 4.90 Å². The second-order valence-electron chi connectivity index (χ2n) is 12.0. The third kappa shape index (κ3) is 7.04. The van der Waals surface area contributed by atoms with Crippen molar-refractivity contribution in [3.8, 4) is 11.8 Å². The van der Waals surface area contributed by atoms with Crippen LogP contribution in [0.3, 0.4) is 0 Å². The Kier molecular flexibility index (Phi) is 8.83. The van der Waals surface area contributed by atoms with E-state index in [9.17, 15) is 14.7 Å². The van der Waals surface area contributed by atoms with Crippen molar-refractivity contribution >= 4 is 28.9 Å². The number of carbonyl (C=O) groups is 2. The van der Waals surface area contributed by atoms with Gasteiger partial charge in [-0.15, -0.1) is 11.3 Å². The van der Waals surface area contributed by atoms with Gasteiger partial charge in [-0.1, -0.05) is 30.4 Å². The molecule has 1 N–H and O–H groups in total. The number of hydrogen-bond donors (Lipinski definition) is 1. The van der Waals surface area contributed by atoms with Gasteiger partial charge in [0.2, 0.25) is 5.91 Å². The lowest BCUT2D eigenvalue weighted by Gasteiger charge is -2.40. The summed E-state index contributed by atoms with van der Waals surface area (Å²) in [5, 5.41) is 10.1. The number of carbonyl (C=O) groups excluding carboxylic acids is 1. The van der Waals surface area contributed by atoms with Gasteiger partial charge in [0.15, 0.2) is 0 Å². The van der Waals surface area contributed by atoms with Crippen molar-refractivity contribution in [2.75, 3.05) is 18.1 Å². The number of allylic oxidation sites excluding steroid dienone is 2. The minimum absolute atomic E-state index is 0.0421. The number of ether oxygens (including phenoxy) is 2. The molecule has 4 rings (SSSR count). The van der Waals surface area contributed by atoms with Gasteiger partial charge < -0.3 is 19.5 Å². The Hall–Kier alpha value is -2.14. The van der Waals surface area contributed by atoms with Gasteiger partial charge >= 0.3 is 5.97 Å². The Bertz CT molecular complexity index is 1070. The molecule has 6 nitrogen and oxygen atoms in total. The van der Waals surface area contributed by atoms with Crippen LogP contribution in [0.5, 0.6) is 0 Å². The van der Waals surface area contributed by atoms with Crippen LogP contribution in [0.4, 0.5) is 5.69 Å². The summed E-state index contributed by atoms with van der Waals surface area (Å²) in [4.78, 5) is 29.3. The van der Waals surface area contributed by atoms with Crippen molar-refractivity contribution in [3.63, 3.8) is 0 Å². The first-order valence-corrected chi connectivity index (χ1v) is 14.5. The van der Waals surface area contributed by atoms with Crippen LogP contribution in [-0.2, 0) is 14.3 Å². The zero-order valence-electron chi connectivity index (χ0n) is 22.8. The molecule has 3 atom stereocenters. The summed E-state index contributed by atoms with van der Waals surface area (Å²) in [7, 11) is 0. The normalized spacial score (nSPS) is 28.2. The lowest BCUT2D eigenvalue weighted by Crippen LogP contribution is -2.48. The first kappa shape index (κ1) is 27.9. The predicted molar refractivity (Wildman–Crippen MR) is 147 cm³/mol. The number of carboxylic acid groups (broad SMARTS) is 1. The summed E-state index contributed by atoms with van der Waals surface area (Å²) in [5.74, 6) is 5.47. The van der Waals surface area contributed by atoms with Crippen LogP contribution in [-0.4, -0.2) is 48.4 Å². The van der Waals surface area contributed by atoms with Crippen LogP contribution in [0.15, 0.2) is 17.7 Å². The number of carboxylic acids is 1. The van der Waals surface area contributed by atoms with Gasteiger partial charge in [0.25, 0.3) is 0 Å². The van der Waals surface area contributed by atoms with Crippen molar-refractivity contribution in [1.82, 2.24) is 0 Å². The average molecular weight is 528 g/mol.